The van der Waals surface area contributed by atoms with Crippen molar-refractivity contribution in [1.82, 2.24) is 0 Å². The van der Waals surface area contributed by atoms with E-state index in [2.05, 4.69) is 0 Å². The lowest BCUT2D eigenvalue weighted by Crippen LogP contribution is -2.23. The highest BCUT2D eigenvalue weighted by Crippen LogP contribution is 2.42. The summed E-state index contributed by atoms with van der Waals surface area (Å²) in [7, 11) is 3.18. The summed E-state index contributed by atoms with van der Waals surface area (Å²) in [6.45, 7) is 5.78. The molecule has 0 atom stereocenters. The molecule has 0 aliphatic heterocycles. The van der Waals surface area contributed by atoms with Crippen molar-refractivity contribution in [2.75, 3.05) is 20.8 Å². The van der Waals surface area contributed by atoms with Crippen LogP contribution < -0.4 is 9.47 Å². The first-order valence-corrected chi connectivity index (χ1v) is 5.79. The topological polar surface area (TPSA) is 38.7 Å². The predicted molar refractivity (Wildman–Crippen MR) is 69.4 cm³/mol. The molecule has 17 heavy (non-hydrogen) atoms. The quantitative estimate of drug-likeness (QED) is 0.903. The largest absolute Gasteiger partial charge is 0.496 e. The van der Waals surface area contributed by atoms with Gasteiger partial charge in [0.2, 0.25) is 0 Å². The second kappa shape index (κ2) is 5.15. The average Bonchev–Trinajstić information content (AvgIpc) is 2.29. The van der Waals surface area contributed by atoms with E-state index in [9.17, 15) is 5.11 Å². The zero-order valence-corrected chi connectivity index (χ0v) is 11.7. The number of benzene rings is 1. The molecular weight excluding hydrogens is 240 g/mol. The van der Waals surface area contributed by atoms with Crippen LogP contribution in [-0.2, 0) is 5.41 Å². The molecule has 0 amide bonds. The minimum absolute atomic E-state index is 0.0193. The Labute approximate surface area is 107 Å². The van der Waals surface area contributed by atoms with Gasteiger partial charge in [0.1, 0.15) is 11.5 Å². The van der Waals surface area contributed by atoms with Gasteiger partial charge in [-0.25, -0.2) is 0 Å². The summed E-state index contributed by atoms with van der Waals surface area (Å²) in [4.78, 5) is 0. The van der Waals surface area contributed by atoms with Crippen molar-refractivity contribution in [2.24, 2.45) is 0 Å². The maximum absolute atomic E-state index is 9.45. The first-order valence-electron chi connectivity index (χ1n) is 5.41. The maximum Gasteiger partial charge on any atom is 0.144 e. The van der Waals surface area contributed by atoms with E-state index in [0.717, 1.165) is 11.1 Å². The number of ether oxygens (including phenoxy) is 2. The van der Waals surface area contributed by atoms with E-state index < -0.39 is 5.41 Å². The van der Waals surface area contributed by atoms with Crippen LogP contribution in [-0.4, -0.2) is 25.9 Å². The standard InChI is InChI=1S/C13H19ClO3/c1-8-11(16-4)9(13(2,3)7-15)6-10(14)12(8)17-5/h6,15H,7H2,1-5H3. The molecule has 0 saturated heterocycles. The fourth-order valence-corrected chi connectivity index (χ4v) is 2.17. The van der Waals surface area contributed by atoms with Crippen LogP contribution in [0.1, 0.15) is 25.0 Å². The minimum atomic E-state index is -0.411. The SMILES string of the molecule is COc1c(Cl)cc(C(C)(C)CO)c(OC)c1C. The molecule has 0 radical (unpaired) electrons. The first-order chi connectivity index (χ1) is 7.88. The first kappa shape index (κ1) is 14.1. The number of methoxy groups -OCH3 is 2. The van der Waals surface area contributed by atoms with Gasteiger partial charge in [-0.1, -0.05) is 25.4 Å². The van der Waals surface area contributed by atoms with Crippen LogP contribution >= 0.6 is 11.6 Å². The number of hydrogen-bond donors (Lipinski definition) is 1. The van der Waals surface area contributed by atoms with Crippen LogP contribution in [0.4, 0.5) is 0 Å². The van der Waals surface area contributed by atoms with E-state index in [4.69, 9.17) is 21.1 Å². The Kier molecular flexibility index (Phi) is 4.28. The van der Waals surface area contributed by atoms with Gasteiger partial charge in [0.15, 0.2) is 0 Å². The molecule has 0 aliphatic rings. The van der Waals surface area contributed by atoms with Crippen LogP contribution in [0, 0.1) is 6.92 Å². The van der Waals surface area contributed by atoms with Gasteiger partial charge in [-0.15, -0.1) is 0 Å². The normalized spacial score (nSPS) is 11.5. The van der Waals surface area contributed by atoms with Crippen LogP contribution in [0.3, 0.4) is 0 Å². The van der Waals surface area contributed by atoms with Gasteiger partial charge in [-0.2, -0.15) is 0 Å². The van der Waals surface area contributed by atoms with Crippen molar-refractivity contribution < 1.29 is 14.6 Å². The molecule has 1 rings (SSSR count). The molecule has 0 fully saturated rings. The summed E-state index contributed by atoms with van der Waals surface area (Å²) in [5, 5.41) is 9.98. The Morgan fingerprint density at radius 2 is 1.76 bits per heavy atom. The van der Waals surface area contributed by atoms with E-state index in [-0.39, 0.29) is 6.61 Å². The summed E-state index contributed by atoms with van der Waals surface area (Å²) in [6, 6.07) is 1.79. The lowest BCUT2D eigenvalue weighted by atomic mass is 9.84. The third-order valence-corrected chi connectivity index (χ3v) is 3.23. The van der Waals surface area contributed by atoms with E-state index >= 15 is 0 Å². The van der Waals surface area contributed by atoms with Crippen LogP contribution in [0.2, 0.25) is 5.02 Å². The lowest BCUT2D eigenvalue weighted by Gasteiger charge is -2.27. The number of rotatable bonds is 4. The highest BCUT2D eigenvalue weighted by Gasteiger charge is 2.27. The second-order valence-corrected chi connectivity index (χ2v) is 5.05. The van der Waals surface area contributed by atoms with E-state index in [0.29, 0.717) is 16.5 Å². The monoisotopic (exact) mass is 258 g/mol. The molecule has 0 bridgehead atoms. The van der Waals surface area contributed by atoms with Crippen molar-refractivity contribution in [1.29, 1.82) is 0 Å². The molecule has 0 spiro atoms. The molecule has 1 aromatic carbocycles. The third-order valence-electron chi connectivity index (χ3n) is 2.95. The maximum atomic E-state index is 9.45. The zero-order chi connectivity index (χ0) is 13.2. The fourth-order valence-electron chi connectivity index (χ4n) is 1.84. The van der Waals surface area contributed by atoms with E-state index in [1.54, 1.807) is 20.3 Å². The molecule has 0 saturated carbocycles. The smallest absolute Gasteiger partial charge is 0.144 e. The molecular formula is C13H19ClO3. The molecule has 3 nitrogen and oxygen atoms in total. The van der Waals surface area contributed by atoms with Crippen molar-refractivity contribution >= 4 is 11.6 Å². The minimum Gasteiger partial charge on any atom is -0.496 e. The Bertz CT molecular complexity index is 414. The molecule has 0 aromatic heterocycles. The van der Waals surface area contributed by atoms with Crippen molar-refractivity contribution in [2.45, 2.75) is 26.2 Å². The Balaban J connectivity index is 3.52. The molecule has 96 valence electrons. The van der Waals surface area contributed by atoms with Gasteiger partial charge in [-0.05, 0) is 13.0 Å². The van der Waals surface area contributed by atoms with Gasteiger partial charge in [-0.3, -0.25) is 0 Å². The predicted octanol–water partition coefficient (Wildman–Crippen LogP) is 2.94. The second-order valence-electron chi connectivity index (χ2n) is 4.64. The van der Waals surface area contributed by atoms with Crippen LogP contribution in [0.5, 0.6) is 11.5 Å². The van der Waals surface area contributed by atoms with Gasteiger partial charge in [0.25, 0.3) is 0 Å². The Morgan fingerprint density at radius 3 is 2.18 bits per heavy atom. The molecule has 0 heterocycles. The van der Waals surface area contributed by atoms with E-state index in [1.165, 1.54) is 0 Å². The van der Waals surface area contributed by atoms with Crippen LogP contribution in [0.15, 0.2) is 6.07 Å². The van der Waals surface area contributed by atoms with Crippen molar-refractivity contribution in [3.63, 3.8) is 0 Å². The molecule has 1 N–H and O–H groups in total. The highest BCUT2D eigenvalue weighted by atomic mass is 35.5. The van der Waals surface area contributed by atoms with E-state index in [1.807, 2.05) is 20.8 Å². The zero-order valence-electron chi connectivity index (χ0n) is 10.9. The molecule has 0 unspecified atom stereocenters. The lowest BCUT2D eigenvalue weighted by molar-refractivity contribution is 0.214. The third kappa shape index (κ3) is 2.50. The van der Waals surface area contributed by atoms with Gasteiger partial charge >= 0.3 is 0 Å². The van der Waals surface area contributed by atoms with Crippen LogP contribution in [0.25, 0.3) is 0 Å². The Morgan fingerprint density at radius 1 is 1.24 bits per heavy atom. The number of aliphatic hydroxyl groups excluding tert-OH is 1. The number of aliphatic hydroxyl groups is 1. The molecule has 0 aliphatic carbocycles. The molecule has 4 heteroatoms. The number of halogens is 1. The van der Waals surface area contributed by atoms with Crippen molar-refractivity contribution in [3.8, 4) is 11.5 Å². The van der Waals surface area contributed by atoms with Gasteiger partial charge in [0.05, 0.1) is 25.8 Å². The highest BCUT2D eigenvalue weighted by molar-refractivity contribution is 6.32. The fraction of sp³-hybridized carbons (Fsp3) is 0.538. The van der Waals surface area contributed by atoms with Gasteiger partial charge < -0.3 is 14.6 Å². The van der Waals surface area contributed by atoms with Crippen molar-refractivity contribution in [3.05, 3.63) is 22.2 Å². The summed E-state index contributed by atoms with van der Waals surface area (Å²) in [5.41, 5.74) is 1.32. The summed E-state index contributed by atoms with van der Waals surface area (Å²) in [6.07, 6.45) is 0. The Hall–Kier alpha value is -0.930. The summed E-state index contributed by atoms with van der Waals surface area (Å²) >= 11 is 6.16. The number of hydrogen-bond acceptors (Lipinski definition) is 3. The summed E-state index contributed by atoms with van der Waals surface area (Å²) in [5.74, 6) is 1.33. The molecule has 1 aromatic rings. The summed E-state index contributed by atoms with van der Waals surface area (Å²) < 4.78 is 10.7. The van der Waals surface area contributed by atoms with Gasteiger partial charge in [0, 0.05) is 16.5 Å². The average molecular weight is 259 g/mol.